The lowest BCUT2D eigenvalue weighted by molar-refractivity contribution is 0.0612. The molecule has 1 saturated heterocycles. The number of imidazole rings is 1. The van der Waals surface area contributed by atoms with Crippen LogP contribution in [0.25, 0.3) is 33.6 Å². The fourth-order valence-corrected chi connectivity index (χ4v) is 5.42. The number of methoxy groups -OCH3 is 1. The molecule has 2 fully saturated rings. The Morgan fingerprint density at radius 3 is 2.75 bits per heavy atom. The van der Waals surface area contributed by atoms with Gasteiger partial charge in [0.15, 0.2) is 5.82 Å². The summed E-state index contributed by atoms with van der Waals surface area (Å²) in [5.74, 6) is 2.16. The molecule has 0 unspecified atom stereocenters. The summed E-state index contributed by atoms with van der Waals surface area (Å²) in [6, 6.07) is 10.1. The van der Waals surface area contributed by atoms with Crippen LogP contribution in [0.4, 0.5) is 0 Å². The number of ether oxygens (including phenoxy) is 1. The number of rotatable bonds is 5. The van der Waals surface area contributed by atoms with Gasteiger partial charge in [-0.2, -0.15) is 0 Å². The third-order valence-electron chi connectivity index (χ3n) is 7.60. The quantitative estimate of drug-likeness (QED) is 0.432. The predicted molar refractivity (Wildman–Crippen MR) is 144 cm³/mol. The second kappa shape index (κ2) is 9.41. The van der Waals surface area contributed by atoms with E-state index in [1.807, 2.05) is 36.3 Å². The first kappa shape index (κ1) is 24.6. The first-order chi connectivity index (χ1) is 16.9. The molecule has 9 heteroatoms. The first-order valence-electron chi connectivity index (χ1n) is 12.5. The topological polar surface area (TPSA) is 91.2 Å². The lowest BCUT2D eigenvalue weighted by Crippen LogP contribution is -2.50. The molecule has 190 valence electrons. The van der Waals surface area contributed by atoms with Gasteiger partial charge in [-0.1, -0.05) is 0 Å². The number of aromatic nitrogens is 4. The first-order valence-corrected chi connectivity index (χ1v) is 12.5. The number of nitrogens with two attached hydrogens (primary N) is 1. The Kier molecular flexibility index (Phi) is 6.43. The van der Waals surface area contributed by atoms with Crippen molar-refractivity contribution in [3.8, 4) is 17.3 Å². The lowest BCUT2D eigenvalue weighted by Gasteiger charge is -2.36. The number of carbonyl (C=O) groups excluding carboxylic acids is 1. The number of nitrogens with zero attached hydrogens (tertiary/aromatic N) is 5. The minimum atomic E-state index is -0.0212. The molecule has 0 spiro atoms. The van der Waals surface area contributed by atoms with Gasteiger partial charge in [-0.3, -0.25) is 4.79 Å². The molecule has 8 nitrogen and oxygen atoms in total. The number of fused-ring (bicyclic) bond motifs is 2. The van der Waals surface area contributed by atoms with Crippen molar-refractivity contribution in [1.82, 2.24) is 24.0 Å². The number of piperidine rings is 1. The molecule has 1 aliphatic heterocycles. The fraction of sp³-hybridized carbons (Fsp3) is 0.444. The number of pyridine rings is 1. The van der Waals surface area contributed by atoms with E-state index >= 15 is 0 Å². The van der Waals surface area contributed by atoms with Gasteiger partial charge in [0, 0.05) is 49.4 Å². The van der Waals surface area contributed by atoms with Crippen LogP contribution in [0.5, 0.6) is 5.75 Å². The standard InChI is InChI=1S/C27H32N6O2.ClH/c1-16-6-9-20(28)15-32(16)27(34)19-11-21-24(23(13-19)35-3)31(2)26(30-21)22-12-18-5-4-10-29-25(18)33(22)14-17-7-8-17;/h4-5,10-13,16-17,20H,6-9,14-15,28H2,1-3H3;1H/t16-,20+;/m1./s1. The summed E-state index contributed by atoms with van der Waals surface area (Å²) in [6.45, 7) is 3.60. The maximum absolute atomic E-state index is 13.5. The number of halogens is 1. The Balaban J connectivity index is 0.00000267. The Bertz CT molecular complexity index is 1440. The number of likely N-dealkylation sites (tertiary alicyclic amines) is 1. The van der Waals surface area contributed by atoms with E-state index in [2.05, 4.69) is 33.2 Å². The molecule has 0 bridgehead atoms. The number of aryl methyl sites for hydroxylation is 1. The van der Waals surface area contributed by atoms with Gasteiger partial charge in [-0.05, 0) is 68.9 Å². The van der Waals surface area contributed by atoms with Gasteiger partial charge in [-0.15, -0.1) is 12.4 Å². The molecule has 36 heavy (non-hydrogen) atoms. The van der Waals surface area contributed by atoms with Gasteiger partial charge >= 0.3 is 0 Å². The molecule has 6 rings (SSSR count). The van der Waals surface area contributed by atoms with E-state index in [1.165, 1.54) is 12.8 Å². The van der Waals surface area contributed by atoms with Crippen molar-refractivity contribution in [2.45, 2.75) is 51.2 Å². The third-order valence-corrected chi connectivity index (χ3v) is 7.60. The highest BCUT2D eigenvalue weighted by molar-refractivity contribution is 6.00. The van der Waals surface area contributed by atoms with E-state index < -0.39 is 0 Å². The van der Waals surface area contributed by atoms with Crippen LogP contribution in [0.2, 0.25) is 0 Å². The zero-order valence-electron chi connectivity index (χ0n) is 21.0. The summed E-state index contributed by atoms with van der Waals surface area (Å²) in [6.07, 6.45) is 6.22. The lowest BCUT2D eigenvalue weighted by atomic mass is 9.99. The summed E-state index contributed by atoms with van der Waals surface area (Å²) < 4.78 is 10.1. The summed E-state index contributed by atoms with van der Waals surface area (Å²) in [7, 11) is 3.65. The van der Waals surface area contributed by atoms with Gasteiger partial charge in [0.1, 0.15) is 16.9 Å². The predicted octanol–water partition coefficient (Wildman–Crippen LogP) is 4.38. The van der Waals surface area contributed by atoms with Gasteiger partial charge in [0.25, 0.3) is 5.91 Å². The highest BCUT2D eigenvalue weighted by Crippen LogP contribution is 2.37. The second-order valence-electron chi connectivity index (χ2n) is 10.2. The molecule has 2 aliphatic rings. The molecule has 3 aromatic heterocycles. The van der Waals surface area contributed by atoms with E-state index in [-0.39, 0.29) is 30.4 Å². The zero-order valence-corrected chi connectivity index (χ0v) is 21.8. The molecule has 1 aromatic carbocycles. The molecule has 2 atom stereocenters. The normalized spacial score (nSPS) is 20.1. The van der Waals surface area contributed by atoms with Crippen molar-refractivity contribution in [2.24, 2.45) is 18.7 Å². The Hall–Kier alpha value is -3.10. The number of amides is 1. The van der Waals surface area contributed by atoms with Gasteiger partial charge < -0.3 is 24.5 Å². The molecule has 1 saturated carbocycles. The Morgan fingerprint density at radius 2 is 2.00 bits per heavy atom. The minimum absolute atomic E-state index is 0. The Morgan fingerprint density at radius 1 is 1.19 bits per heavy atom. The monoisotopic (exact) mass is 508 g/mol. The van der Waals surface area contributed by atoms with Crippen LogP contribution in [0, 0.1) is 5.92 Å². The minimum Gasteiger partial charge on any atom is -0.494 e. The maximum atomic E-state index is 13.5. The molecule has 1 amide bonds. The van der Waals surface area contributed by atoms with Gasteiger partial charge in [0.2, 0.25) is 0 Å². The van der Waals surface area contributed by atoms with Crippen molar-refractivity contribution >= 4 is 40.4 Å². The molecule has 0 radical (unpaired) electrons. The molecule has 4 heterocycles. The van der Waals surface area contributed by atoms with E-state index in [9.17, 15) is 4.79 Å². The van der Waals surface area contributed by atoms with E-state index in [0.717, 1.165) is 53.0 Å². The van der Waals surface area contributed by atoms with E-state index in [1.54, 1.807) is 7.11 Å². The zero-order chi connectivity index (χ0) is 24.3. The van der Waals surface area contributed by atoms with Crippen LogP contribution in [0.3, 0.4) is 0 Å². The second-order valence-corrected chi connectivity index (χ2v) is 10.2. The van der Waals surface area contributed by atoms with Gasteiger partial charge in [-0.25, -0.2) is 9.97 Å². The molecular weight excluding hydrogens is 476 g/mol. The summed E-state index contributed by atoms with van der Waals surface area (Å²) in [4.78, 5) is 25.1. The highest BCUT2D eigenvalue weighted by atomic mass is 35.5. The SMILES string of the molecule is COc1cc(C(=O)N2C[C@@H](N)CC[C@H]2C)cc2nc(-c3cc4cccnc4n3CC3CC3)n(C)c12.Cl. The number of benzene rings is 1. The smallest absolute Gasteiger partial charge is 0.254 e. The fourth-order valence-electron chi connectivity index (χ4n) is 5.42. The average Bonchev–Trinajstić information content (AvgIpc) is 3.53. The van der Waals surface area contributed by atoms with E-state index in [0.29, 0.717) is 23.8 Å². The van der Waals surface area contributed by atoms with E-state index in [4.69, 9.17) is 15.5 Å². The van der Waals surface area contributed by atoms with Gasteiger partial charge in [0.05, 0.1) is 18.3 Å². The van der Waals surface area contributed by atoms with Crippen LogP contribution in [0.15, 0.2) is 36.5 Å². The van der Waals surface area contributed by atoms with Crippen molar-refractivity contribution in [1.29, 1.82) is 0 Å². The highest BCUT2D eigenvalue weighted by Gasteiger charge is 2.30. The molecule has 1 aliphatic carbocycles. The number of hydrogen-bond donors (Lipinski definition) is 1. The summed E-state index contributed by atoms with van der Waals surface area (Å²) >= 11 is 0. The van der Waals surface area contributed by atoms with Crippen molar-refractivity contribution in [3.63, 3.8) is 0 Å². The Labute approximate surface area is 216 Å². The van der Waals surface area contributed by atoms with Crippen LogP contribution >= 0.6 is 12.4 Å². The summed E-state index contributed by atoms with van der Waals surface area (Å²) in [5.41, 5.74) is 10.4. The largest absolute Gasteiger partial charge is 0.494 e. The summed E-state index contributed by atoms with van der Waals surface area (Å²) in [5, 5.41) is 1.11. The number of carbonyl (C=O) groups is 1. The van der Waals surface area contributed by atoms with Crippen molar-refractivity contribution in [2.75, 3.05) is 13.7 Å². The number of hydrogen-bond acceptors (Lipinski definition) is 5. The van der Waals surface area contributed by atoms with Crippen LogP contribution in [-0.4, -0.2) is 55.6 Å². The molecular formula is C27H33ClN6O2. The van der Waals surface area contributed by atoms with Crippen LogP contribution in [-0.2, 0) is 13.6 Å². The average molecular weight is 509 g/mol. The van der Waals surface area contributed by atoms with Crippen LogP contribution in [0.1, 0.15) is 43.0 Å². The maximum Gasteiger partial charge on any atom is 0.254 e. The van der Waals surface area contributed by atoms with Crippen LogP contribution < -0.4 is 10.5 Å². The molecule has 4 aromatic rings. The van der Waals surface area contributed by atoms with Crippen molar-refractivity contribution < 1.29 is 9.53 Å². The third kappa shape index (κ3) is 4.12. The molecule has 2 N–H and O–H groups in total. The van der Waals surface area contributed by atoms with Crippen molar-refractivity contribution in [3.05, 3.63) is 42.1 Å².